The summed E-state index contributed by atoms with van der Waals surface area (Å²) in [5.74, 6) is 0.651. The van der Waals surface area contributed by atoms with E-state index in [1.807, 2.05) is 12.1 Å². The van der Waals surface area contributed by atoms with E-state index in [-0.39, 0.29) is 5.84 Å². The predicted octanol–water partition coefficient (Wildman–Crippen LogP) is 0.619. The van der Waals surface area contributed by atoms with E-state index < -0.39 is 0 Å². The van der Waals surface area contributed by atoms with E-state index in [0.717, 1.165) is 5.56 Å². The first-order valence-corrected chi connectivity index (χ1v) is 5.05. The summed E-state index contributed by atoms with van der Waals surface area (Å²) in [6, 6.07) is 3.68. The molecule has 0 saturated heterocycles. The first-order valence-electron chi connectivity index (χ1n) is 5.05. The van der Waals surface area contributed by atoms with E-state index in [0.29, 0.717) is 18.0 Å². The summed E-state index contributed by atoms with van der Waals surface area (Å²) >= 11 is 0. The molecule has 0 radical (unpaired) electrons. The van der Waals surface area contributed by atoms with Crippen LogP contribution in [0.2, 0.25) is 0 Å². The Bertz CT molecular complexity index is 534. The lowest BCUT2D eigenvalue weighted by atomic mass is 10.2. The monoisotopic (exact) mass is 231 g/mol. The third-order valence-electron chi connectivity index (χ3n) is 2.32. The molecule has 2 aromatic rings. The number of hydrogen-bond acceptors (Lipinski definition) is 4. The maximum atomic E-state index is 7.44. The van der Waals surface area contributed by atoms with Gasteiger partial charge in [0.25, 0.3) is 0 Å². The summed E-state index contributed by atoms with van der Waals surface area (Å²) in [6.07, 6.45) is 5.02. The third-order valence-corrected chi connectivity index (χ3v) is 2.32. The minimum atomic E-state index is -0.0419. The number of pyridine rings is 1. The van der Waals surface area contributed by atoms with E-state index in [9.17, 15) is 0 Å². The molecule has 6 nitrogen and oxygen atoms in total. The van der Waals surface area contributed by atoms with Crippen LogP contribution >= 0.6 is 0 Å². The fraction of sp³-hybridized carbons (Fsp3) is 0.182. The van der Waals surface area contributed by atoms with Gasteiger partial charge in [-0.2, -0.15) is 5.10 Å². The molecule has 0 spiro atoms. The second-order valence-electron chi connectivity index (χ2n) is 3.50. The van der Waals surface area contributed by atoms with Gasteiger partial charge >= 0.3 is 0 Å². The van der Waals surface area contributed by atoms with Crippen LogP contribution in [0, 0.1) is 5.41 Å². The zero-order valence-corrected chi connectivity index (χ0v) is 9.42. The molecule has 2 aromatic heterocycles. The van der Waals surface area contributed by atoms with Crippen LogP contribution in [0.25, 0.3) is 0 Å². The Balaban J connectivity index is 2.26. The number of aromatic nitrogens is 3. The molecule has 3 N–H and O–H groups in total. The fourth-order valence-corrected chi connectivity index (χ4v) is 1.52. The summed E-state index contributed by atoms with van der Waals surface area (Å²) in [6.45, 7) is 0.506. The van der Waals surface area contributed by atoms with Crippen molar-refractivity contribution in [3.05, 3.63) is 42.0 Å². The number of amidine groups is 1. The molecule has 88 valence electrons. The standard InChI is InChI=1S/C11H13N5O/c1-17-9-5-15-16(7-9)6-8-3-2-4-14-10(8)11(12)13/h2-5,7H,6H2,1H3,(H3,12,13). The van der Waals surface area contributed by atoms with E-state index in [4.69, 9.17) is 15.9 Å². The zero-order valence-electron chi connectivity index (χ0n) is 9.42. The second kappa shape index (κ2) is 4.65. The highest BCUT2D eigenvalue weighted by atomic mass is 16.5. The maximum Gasteiger partial charge on any atom is 0.156 e. The average molecular weight is 231 g/mol. The van der Waals surface area contributed by atoms with Crippen LogP contribution in [-0.4, -0.2) is 27.7 Å². The minimum absolute atomic E-state index is 0.0419. The minimum Gasteiger partial charge on any atom is -0.493 e. The molecule has 0 aliphatic carbocycles. The third kappa shape index (κ3) is 2.41. The van der Waals surface area contributed by atoms with Crippen molar-refractivity contribution in [1.29, 1.82) is 5.41 Å². The predicted molar refractivity (Wildman–Crippen MR) is 63.1 cm³/mol. The summed E-state index contributed by atoms with van der Waals surface area (Å²) in [5, 5.41) is 11.6. The SMILES string of the molecule is COc1cnn(Cc2cccnc2C(=N)N)c1. The molecule has 2 rings (SSSR count). The first-order chi connectivity index (χ1) is 8.20. The van der Waals surface area contributed by atoms with Gasteiger partial charge in [-0.15, -0.1) is 0 Å². The van der Waals surface area contributed by atoms with Crippen LogP contribution in [0.5, 0.6) is 5.75 Å². The van der Waals surface area contributed by atoms with Gasteiger partial charge in [-0.1, -0.05) is 6.07 Å². The van der Waals surface area contributed by atoms with Crippen molar-refractivity contribution >= 4 is 5.84 Å². The Kier molecular flexibility index (Phi) is 3.04. The lowest BCUT2D eigenvalue weighted by Crippen LogP contribution is -2.17. The first kappa shape index (κ1) is 11.1. The van der Waals surface area contributed by atoms with E-state index in [1.165, 1.54) is 0 Å². The van der Waals surface area contributed by atoms with Crippen LogP contribution in [0.1, 0.15) is 11.3 Å². The van der Waals surface area contributed by atoms with Gasteiger partial charge in [0, 0.05) is 11.8 Å². The van der Waals surface area contributed by atoms with E-state index in [2.05, 4.69) is 10.1 Å². The van der Waals surface area contributed by atoms with Gasteiger partial charge in [0.2, 0.25) is 0 Å². The molecular formula is C11H13N5O. The Morgan fingerprint density at radius 3 is 3.06 bits per heavy atom. The summed E-state index contributed by atoms with van der Waals surface area (Å²) in [5.41, 5.74) is 6.81. The number of nitrogens with one attached hydrogen (secondary N) is 1. The topological polar surface area (TPSA) is 89.8 Å². The van der Waals surface area contributed by atoms with Crippen molar-refractivity contribution in [1.82, 2.24) is 14.8 Å². The van der Waals surface area contributed by atoms with Crippen LogP contribution in [-0.2, 0) is 6.54 Å². The largest absolute Gasteiger partial charge is 0.493 e. The van der Waals surface area contributed by atoms with Crippen LogP contribution in [0.15, 0.2) is 30.7 Å². The number of nitrogens with two attached hydrogens (primary N) is 1. The van der Waals surface area contributed by atoms with Crippen molar-refractivity contribution < 1.29 is 4.74 Å². The van der Waals surface area contributed by atoms with Gasteiger partial charge in [-0.25, -0.2) is 0 Å². The summed E-state index contributed by atoms with van der Waals surface area (Å²) < 4.78 is 6.75. The number of rotatable bonds is 4. The highest BCUT2D eigenvalue weighted by Gasteiger charge is 2.07. The molecule has 0 aromatic carbocycles. The summed E-state index contributed by atoms with van der Waals surface area (Å²) in [4.78, 5) is 4.08. The maximum absolute atomic E-state index is 7.44. The Labute approximate surface area is 98.5 Å². The smallest absolute Gasteiger partial charge is 0.156 e. The Hall–Kier alpha value is -2.37. The Morgan fingerprint density at radius 1 is 1.59 bits per heavy atom. The molecule has 2 heterocycles. The van der Waals surface area contributed by atoms with Crippen molar-refractivity contribution in [3.8, 4) is 5.75 Å². The fourth-order valence-electron chi connectivity index (χ4n) is 1.52. The van der Waals surface area contributed by atoms with Crippen molar-refractivity contribution in [2.24, 2.45) is 5.73 Å². The second-order valence-corrected chi connectivity index (χ2v) is 3.50. The highest BCUT2D eigenvalue weighted by molar-refractivity contribution is 5.94. The lowest BCUT2D eigenvalue weighted by molar-refractivity contribution is 0.414. The number of nitrogen functional groups attached to an aromatic ring is 1. The molecule has 17 heavy (non-hydrogen) atoms. The van der Waals surface area contributed by atoms with Gasteiger partial charge < -0.3 is 10.5 Å². The molecular weight excluding hydrogens is 218 g/mol. The van der Waals surface area contributed by atoms with Crippen LogP contribution in [0.4, 0.5) is 0 Å². The molecule has 0 aliphatic rings. The number of hydrogen-bond donors (Lipinski definition) is 2. The molecule has 0 amide bonds. The van der Waals surface area contributed by atoms with Crippen molar-refractivity contribution in [2.75, 3.05) is 7.11 Å². The van der Waals surface area contributed by atoms with Gasteiger partial charge in [0.1, 0.15) is 11.5 Å². The quantitative estimate of drug-likeness (QED) is 0.596. The average Bonchev–Trinajstić information content (AvgIpc) is 2.77. The lowest BCUT2D eigenvalue weighted by Gasteiger charge is -2.06. The van der Waals surface area contributed by atoms with Crippen molar-refractivity contribution in [2.45, 2.75) is 6.54 Å². The molecule has 0 unspecified atom stereocenters. The van der Waals surface area contributed by atoms with E-state index in [1.54, 1.807) is 30.4 Å². The molecule has 0 fully saturated rings. The molecule has 0 aliphatic heterocycles. The number of methoxy groups -OCH3 is 1. The van der Waals surface area contributed by atoms with Crippen molar-refractivity contribution in [3.63, 3.8) is 0 Å². The Morgan fingerprint density at radius 2 is 2.41 bits per heavy atom. The van der Waals surface area contributed by atoms with E-state index >= 15 is 0 Å². The van der Waals surface area contributed by atoms with Gasteiger partial charge in [-0.05, 0) is 6.07 Å². The van der Waals surface area contributed by atoms with Crippen LogP contribution in [0.3, 0.4) is 0 Å². The number of nitrogens with zero attached hydrogens (tertiary/aromatic N) is 3. The zero-order chi connectivity index (χ0) is 12.3. The molecule has 0 bridgehead atoms. The normalized spacial score (nSPS) is 10.2. The van der Waals surface area contributed by atoms with Crippen LogP contribution < -0.4 is 10.5 Å². The van der Waals surface area contributed by atoms with Gasteiger partial charge in [0.05, 0.1) is 26.0 Å². The highest BCUT2D eigenvalue weighted by Crippen LogP contribution is 2.11. The van der Waals surface area contributed by atoms with Gasteiger partial charge in [-0.3, -0.25) is 15.1 Å². The number of ether oxygens (including phenoxy) is 1. The summed E-state index contributed by atoms with van der Waals surface area (Å²) in [7, 11) is 1.59. The molecule has 0 saturated carbocycles. The molecule has 6 heteroatoms. The van der Waals surface area contributed by atoms with Gasteiger partial charge in [0.15, 0.2) is 5.75 Å². The molecule has 0 atom stereocenters.